The molecule has 0 aliphatic rings. The van der Waals surface area contributed by atoms with E-state index in [1.165, 1.54) is 0 Å². The number of nitrogens with one attached hydrogen (secondary N) is 2. The van der Waals surface area contributed by atoms with Gasteiger partial charge in [-0.1, -0.05) is 32.0 Å². The van der Waals surface area contributed by atoms with E-state index in [4.69, 9.17) is 0 Å². The Hall–Kier alpha value is -2.27. The van der Waals surface area contributed by atoms with E-state index in [-0.39, 0.29) is 11.8 Å². The average molecular weight is 342 g/mol. The summed E-state index contributed by atoms with van der Waals surface area (Å²) in [5, 5.41) is 6.02. The third-order valence-electron chi connectivity index (χ3n) is 3.21. The third kappa shape index (κ3) is 4.86. The Bertz CT molecular complexity index is 729. The van der Waals surface area contributed by atoms with E-state index in [9.17, 15) is 9.59 Å². The van der Waals surface area contributed by atoms with Gasteiger partial charge in [0.1, 0.15) is 0 Å². The van der Waals surface area contributed by atoms with E-state index in [1.54, 1.807) is 36.0 Å². The third-order valence-corrected chi connectivity index (χ3v) is 4.30. The van der Waals surface area contributed by atoms with Gasteiger partial charge in [-0.2, -0.15) is 0 Å². The van der Waals surface area contributed by atoms with Gasteiger partial charge in [0, 0.05) is 27.9 Å². The molecule has 0 saturated carbocycles. The van der Waals surface area contributed by atoms with Gasteiger partial charge in [-0.3, -0.25) is 9.59 Å². The van der Waals surface area contributed by atoms with Crippen molar-refractivity contribution in [1.82, 2.24) is 5.32 Å². The first kappa shape index (κ1) is 18.1. The number of anilines is 1. The van der Waals surface area contributed by atoms with Crippen molar-refractivity contribution in [2.24, 2.45) is 0 Å². The minimum atomic E-state index is -0.174. The largest absolute Gasteiger partial charge is 0.352 e. The fraction of sp³-hybridized carbons (Fsp3) is 0.263. The zero-order valence-corrected chi connectivity index (χ0v) is 14.9. The summed E-state index contributed by atoms with van der Waals surface area (Å²) >= 11 is 1.65. The molecule has 0 heterocycles. The van der Waals surface area contributed by atoms with Crippen molar-refractivity contribution in [1.29, 1.82) is 0 Å². The Morgan fingerprint density at radius 2 is 1.79 bits per heavy atom. The molecule has 2 rings (SSSR count). The maximum Gasteiger partial charge on any atom is 0.256 e. The van der Waals surface area contributed by atoms with Gasteiger partial charge >= 0.3 is 0 Å². The monoisotopic (exact) mass is 342 g/mol. The van der Waals surface area contributed by atoms with Gasteiger partial charge in [0.25, 0.3) is 11.8 Å². The number of carbonyl (C=O) groups is 2. The summed E-state index contributed by atoms with van der Waals surface area (Å²) in [7, 11) is 0. The van der Waals surface area contributed by atoms with E-state index < -0.39 is 0 Å². The van der Waals surface area contributed by atoms with Crippen molar-refractivity contribution in [3.05, 3.63) is 59.7 Å². The van der Waals surface area contributed by atoms with E-state index in [0.29, 0.717) is 28.6 Å². The zero-order valence-electron chi connectivity index (χ0n) is 14.1. The minimum Gasteiger partial charge on any atom is -0.352 e. The topological polar surface area (TPSA) is 58.2 Å². The molecule has 0 aliphatic carbocycles. The molecule has 0 aromatic heterocycles. The second kappa shape index (κ2) is 8.55. The van der Waals surface area contributed by atoms with Crippen LogP contribution < -0.4 is 10.6 Å². The molecular formula is C19H22N2O2S. The van der Waals surface area contributed by atoms with E-state index in [1.807, 2.05) is 31.2 Å². The van der Waals surface area contributed by atoms with E-state index in [2.05, 4.69) is 24.5 Å². The molecular weight excluding hydrogens is 320 g/mol. The summed E-state index contributed by atoms with van der Waals surface area (Å²) in [6.07, 6.45) is 0. The molecule has 0 unspecified atom stereocenters. The molecule has 5 heteroatoms. The summed E-state index contributed by atoms with van der Waals surface area (Å²) in [5.74, 6) is -0.323. The van der Waals surface area contributed by atoms with Crippen molar-refractivity contribution < 1.29 is 9.59 Å². The summed E-state index contributed by atoms with van der Waals surface area (Å²) in [6.45, 7) is 6.62. The molecule has 2 aromatic rings. The highest BCUT2D eigenvalue weighted by Crippen LogP contribution is 2.27. The normalized spacial score (nSPS) is 10.5. The van der Waals surface area contributed by atoms with Crippen LogP contribution >= 0.6 is 11.8 Å². The fourth-order valence-electron chi connectivity index (χ4n) is 2.21. The lowest BCUT2D eigenvalue weighted by molar-refractivity contribution is 0.0954. The number of thioether (sulfide) groups is 1. The molecule has 2 amide bonds. The van der Waals surface area contributed by atoms with Gasteiger partial charge in [0.15, 0.2) is 0 Å². The first-order valence-electron chi connectivity index (χ1n) is 7.96. The smallest absolute Gasteiger partial charge is 0.256 e. The second-order valence-corrected chi connectivity index (χ2v) is 7.18. The van der Waals surface area contributed by atoms with Crippen LogP contribution in [0.15, 0.2) is 53.4 Å². The maximum atomic E-state index is 12.6. The average Bonchev–Trinajstić information content (AvgIpc) is 2.55. The number of hydrogen-bond donors (Lipinski definition) is 2. The lowest BCUT2D eigenvalue weighted by atomic mass is 10.1. The number of rotatable bonds is 6. The van der Waals surface area contributed by atoms with E-state index >= 15 is 0 Å². The highest BCUT2D eigenvalue weighted by molar-refractivity contribution is 8.00. The van der Waals surface area contributed by atoms with Crippen LogP contribution in [0.5, 0.6) is 0 Å². The number of amides is 2. The molecule has 2 aromatic carbocycles. The Kier molecular flexibility index (Phi) is 6.44. The summed E-state index contributed by atoms with van der Waals surface area (Å²) in [5.41, 5.74) is 1.77. The lowest BCUT2D eigenvalue weighted by Gasteiger charge is -2.12. The number of hydrogen-bond acceptors (Lipinski definition) is 3. The van der Waals surface area contributed by atoms with E-state index in [0.717, 1.165) is 4.90 Å². The van der Waals surface area contributed by atoms with Crippen molar-refractivity contribution in [2.75, 3.05) is 11.9 Å². The summed E-state index contributed by atoms with van der Waals surface area (Å²) < 4.78 is 0. The van der Waals surface area contributed by atoms with Crippen molar-refractivity contribution in [2.45, 2.75) is 30.9 Å². The Morgan fingerprint density at radius 3 is 2.50 bits per heavy atom. The molecule has 4 nitrogen and oxygen atoms in total. The first-order chi connectivity index (χ1) is 11.5. The van der Waals surface area contributed by atoms with Gasteiger partial charge < -0.3 is 10.6 Å². The van der Waals surface area contributed by atoms with Crippen molar-refractivity contribution in [3.8, 4) is 0 Å². The SMILES string of the molecule is CCNC(=O)c1cccc(NC(=O)c2ccccc2SC(C)C)c1. The first-order valence-corrected chi connectivity index (χ1v) is 8.84. The number of benzene rings is 2. The summed E-state index contributed by atoms with van der Waals surface area (Å²) in [4.78, 5) is 25.4. The highest BCUT2D eigenvalue weighted by atomic mass is 32.2. The van der Waals surface area contributed by atoms with Gasteiger partial charge in [-0.05, 0) is 37.3 Å². The molecule has 0 fully saturated rings. The van der Waals surface area contributed by atoms with Gasteiger partial charge in [-0.15, -0.1) is 11.8 Å². The molecule has 2 N–H and O–H groups in total. The molecule has 126 valence electrons. The highest BCUT2D eigenvalue weighted by Gasteiger charge is 2.13. The molecule has 0 radical (unpaired) electrons. The van der Waals surface area contributed by atoms with Crippen LogP contribution in [0.25, 0.3) is 0 Å². The standard InChI is InChI=1S/C19H22N2O2S/c1-4-20-18(22)14-8-7-9-15(12-14)21-19(23)16-10-5-6-11-17(16)24-13(2)3/h5-13H,4H2,1-3H3,(H,20,22)(H,21,23). The van der Waals surface area contributed by atoms with Crippen molar-refractivity contribution >= 4 is 29.3 Å². The predicted octanol–water partition coefficient (Wildman–Crippen LogP) is 4.19. The quantitative estimate of drug-likeness (QED) is 0.774. The molecule has 0 atom stereocenters. The Balaban J connectivity index is 2.18. The minimum absolute atomic E-state index is 0.149. The van der Waals surface area contributed by atoms with Crippen LogP contribution in [0.1, 0.15) is 41.5 Å². The second-order valence-electron chi connectivity index (χ2n) is 5.56. The Labute approximate surface area is 147 Å². The van der Waals surface area contributed by atoms with Crippen LogP contribution in [0.2, 0.25) is 0 Å². The molecule has 0 spiro atoms. The molecule has 24 heavy (non-hydrogen) atoms. The van der Waals surface area contributed by atoms with Gasteiger partial charge in [0.05, 0.1) is 5.56 Å². The van der Waals surface area contributed by atoms with Crippen LogP contribution in [-0.2, 0) is 0 Å². The van der Waals surface area contributed by atoms with Gasteiger partial charge in [0.2, 0.25) is 0 Å². The molecule has 0 bridgehead atoms. The molecule has 0 aliphatic heterocycles. The van der Waals surface area contributed by atoms with Crippen LogP contribution in [-0.4, -0.2) is 23.6 Å². The molecule has 0 saturated heterocycles. The van der Waals surface area contributed by atoms with Crippen molar-refractivity contribution in [3.63, 3.8) is 0 Å². The van der Waals surface area contributed by atoms with Crippen LogP contribution in [0.3, 0.4) is 0 Å². The predicted molar refractivity (Wildman–Crippen MR) is 99.8 cm³/mol. The maximum absolute atomic E-state index is 12.6. The zero-order chi connectivity index (χ0) is 17.5. The number of carbonyl (C=O) groups excluding carboxylic acids is 2. The van der Waals surface area contributed by atoms with Crippen LogP contribution in [0, 0.1) is 0 Å². The Morgan fingerprint density at radius 1 is 1.04 bits per heavy atom. The fourth-order valence-corrected chi connectivity index (χ4v) is 3.16. The van der Waals surface area contributed by atoms with Crippen LogP contribution in [0.4, 0.5) is 5.69 Å². The lowest BCUT2D eigenvalue weighted by Crippen LogP contribution is -2.22. The summed E-state index contributed by atoms with van der Waals surface area (Å²) in [6, 6.07) is 14.5. The van der Waals surface area contributed by atoms with Gasteiger partial charge in [-0.25, -0.2) is 0 Å².